The third-order valence-electron chi connectivity index (χ3n) is 11.8. The van der Waals surface area contributed by atoms with Crippen molar-refractivity contribution in [1.82, 2.24) is 19.5 Å². The van der Waals surface area contributed by atoms with Gasteiger partial charge in [0.15, 0.2) is 17.5 Å². The Bertz CT molecular complexity index is 4330. The fraction of sp³-hybridized carbons (Fsp3) is 0. The molecule has 0 aliphatic heterocycles. The molecule has 5 nitrogen and oxygen atoms in total. The van der Waals surface area contributed by atoms with Gasteiger partial charge in [-0.3, -0.25) is 0 Å². The summed E-state index contributed by atoms with van der Waals surface area (Å²) in [7, 11) is 0. The Hall–Kier alpha value is -8.41. The molecule has 10 aromatic carbocycles. The number of hydrogen-bond donors (Lipinski definition) is 0. The molecule has 0 spiro atoms. The smallest absolute Gasteiger partial charge is 0.164 e. The summed E-state index contributed by atoms with van der Waals surface area (Å²) in [6.45, 7) is 0. The van der Waals surface area contributed by atoms with E-state index in [1.165, 1.54) is 0 Å². The van der Waals surface area contributed by atoms with Gasteiger partial charge in [-0.25, -0.2) is 15.0 Å². The number of nitrogens with zero attached hydrogens (tertiary/aromatic N) is 4. The first-order chi connectivity index (χ1) is 34.9. The molecule has 0 aliphatic carbocycles. The highest BCUT2D eigenvalue weighted by Crippen LogP contribution is 2.48. The highest BCUT2D eigenvalue weighted by Gasteiger charge is 2.24. The Labute approximate surface area is 370 Å². The number of hydrogen-bond acceptors (Lipinski definition) is 4. The van der Waals surface area contributed by atoms with Gasteiger partial charge in [-0.2, -0.15) is 0 Å². The van der Waals surface area contributed by atoms with Crippen LogP contribution in [-0.4, -0.2) is 19.5 Å². The fourth-order valence-electron chi connectivity index (χ4n) is 9.19. The number of fused-ring (bicyclic) bond motifs is 6. The van der Waals surface area contributed by atoms with Crippen molar-refractivity contribution in [3.05, 3.63) is 206 Å². The second kappa shape index (κ2) is 13.6. The standard InChI is InChI=1S/C57H34N4O/c1-4-15-35(16-5-1)38-21-12-22-40(33-38)61-47-27-13-25-44-42-23-10-11-24-43(42)52-41(30-31-48(61)54(52)53(44)47)39-29-32-49-46(34-39)51-45(26-14-28-50(51)62-49)57-59-55(36-17-6-2-7-18-36)58-56(60-57)37-19-8-3-9-20-37/h1-34H/i2D,3D,6D,7D,8D,9D,17D,18D,19D,20D. The van der Waals surface area contributed by atoms with Crippen LogP contribution in [0.25, 0.3) is 127 Å². The average molecular weight is 801 g/mol. The van der Waals surface area contributed by atoms with Crippen molar-refractivity contribution < 1.29 is 18.1 Å². The lowest BCUT2D eigenvalue weighted by Crippen LogP contribution is -2.00. The van der Waals surface area contributed by atoms with E-state index < -0.39 is 60.4 Å². The highest BCUT2D eigenvalue weighted by atomic mass is 16.3. The molecule has 62 heavy (non-hydrogen) atoms. The first-order valence-corrected chi connectivity index (χ1v) is 20.1. The molecule has 0 saturated carbocycles. The van der Waals surface area contributed by atoms with Crippen LogP contribution in [0.2, 0.25) is 0 Å². The van der Waals surface area contributed by atoms with Crippen molar-refractivity contribution in [2.45, 2.75) is 0 Å². The molecule has 3 aromatic heterocycles. The fourth-order valence-corrected chi connectivity index (χ4v) is 9.19. The van der Waals surface area contributed by atoms with E-state index in [9.17, 15) is 0 Å². The Morgan fingerprint density at radius 3 is 1.81 bits per heavy atom. The van der Waals surface area contributed by atoms with Gasteiger partial charge in [0.25, 0.3) is 0 Å². The number of aromatic nitrogens is 4. The molecular formula is C57H34N4O. The van der Waals surface area contributed by atoms with Crippen LogP contribution in [0.4, 0.5) is 0 Å². The van der Waals surface area contributed by atoms with Gasteiger partial charge in [0.2, 0.25) is 0 Å². The molecule has 3 heterocycles. The summed E-state index contributed by atoms with van der Waals surface area (Å²) in [6, 6.07) is 43.6. The van der Waals surface area contributed by atoms with Gasteiger partial charge in [-0.05, 0) is 80.9 Å². The largest absolute Gasteiger partial charge is 0.456 e. The summed E-state index contributed by atoms with van der Waals surface area (Å²) in [5, 5.41) is 8.03. The van der Waals surface area contributed by atoms with Crippen LogP contribution < -0.4 is 0 Å². The number of rotatable bonds is 6. The summed E-state index contributed by atoms with van der Waals surface area (Å²) >= 11 is 0. The third-order valence-corrected chi connectivity index (χ3v) is 11.8. The SMILES string of the molecule is [2H]c1c([2H])c([2H])c(-c2nc(-c3c([2H])c([2H])c([2H])c([2H])c3[2H])nc(-c3cccc4oc5ccc(-c6ccc7c8c6c6ccccc6c6cccc(c68)n7-c6cccc(-c7ccccc7)c6)cc5c34)n2)c([2H])c1[2H]. The Kier molecular flexibility index (Phi) is 5.67. The van der Waals surface area contributed by atoms with Gasteiger partial charge in [-0.1, -0.05) is 164 Å². The zero-order chi connectivity index (χ0) is 49.4. The maximum atomic E-state index is 8.84. The molecule has 0 unspecified atom stereocenters. The molecule has 0 radical (unpaired) electrons. The predicted octanol–water partition coefficient (Wildman–Crippen LogP) is 14.9. The highest BCUT2D eigenvalue weighted by molar-refractivity contribution is 6.36. The predicted molar refractivity (Wildman–Crippen MR) is 255 cm³/mol. The quantitative estimate of drug-likeness (QED) is 0.157. The van der Waals surface area contributed by atoms with Crippen LogP contribution in [0.5, 0.6) is 0 Å². The average Bonchev–Trinajstić information content (AvgIpc) is 3.97. The molecular weight excluding hydrogens is 757 g/mol. The van der Waals surface area contributed by atoms with Crippen molar-refractivity contribution >= 4 is 65.3 Å². The van der Waals surface area contributed by atoms with E-state index in [-0.39, 0.29) is 28.6 Å². The van der Waals surface area contributed by atoms with Crippen molar-refractivity contribution in [3.63, 3.8) is 0 Å². The zero-order valence-corrected chi connectivity index (χ0v) is 32.6. The van der Waals surface area contributed by atoms with E-state index >= 15 is 0 Å². The van der Waals surface area contributed by atoms with E-state index in [4.69, 9.17) is 28.1 Å². The molecule has 0 amide bonds. The lowest BCUT2D eigenvalue weighted by atomic mass is 9.89. The van der Waals surface area contributed by atoms with Crippen molar-refractivity contribution in [2.75, 3.05) is 0 Å². The summed E-state index contributed by atoms with van der Waals surface area (Å²) in [5.41, 5.74) is 8.06. The molecule has 288 valence electrons. The van der Waals surface area contributed by atoms with Crippen molar-refractivity contribution in [1.29, 1.82) is 0 Å². The minimum Gasteiger partial charge on any atom is -0.456 e. The van der Waals surface area contributed by atoms with Gasteiger partial charge in [0, 0.05) is 49.3 Å². The second-order valence-corrected chi connectivity index (χ2v) is 15.2. The molecule has 0 saturated heterocycles. The van der Waals surface area contributed by atoms with E-state index in [0.29, 0.717) is 27.5 Å². The molecule has 13 rings (SSSR count). The Balaban J connectivity index is 1.07. The zero-order valence-electron chi connectivity index (χ0n) is 42.6. The van der Waals surface area contributed by atoms with E-state index in [1.807, 2.05) is 36.4 Å². The first kappa shape index (κ1) is 25.9. The molecule has 0 atom stereocenters. The molecule has 5 heteroatoms. The van der Waals surface area contributed by atoms with Crippen molar-refractivity contribution in [2.24, 2.45) is 0 Å². The second-order valence-electron chi connectivity index (χ2n) is 15.2. The minimum atomic E-state index is -0.620. The number of benzene rings is 10. The first-order valence-electron chi connectivity index (χ1n) is 25.1. The van der Waals surface area contributed by atoms with Crippen LogP contribution in [0.3, 0.4) is 0 Å². The van der Waals surface area contributed by atoms with Crippen molar-refractivity contribution in [3.8, 4) is 62.1 Å². The normalized spacial score (nSPS) is 14.1. The summed E-state index contributed by atoms with van der Waals surface area (Å²) in [5.74, 6) is -0.740. The number of furan rings is 1. The lowest BCUT2D eigenvalue weighted by Gasteiger charge is -2.14. The van der Waals surface area contributed by atoms with Crippen LogP contribution in [-0.2, 0) is 0 Å². The van der Waals surface area contributed by atoms with Gasteiger partial charge in [0.05, 0.1) is 24.7 Å². The third kappa shape index (κ3) is 5.25. The molecule has 0 N–H and O–H groups in total. The van der Waals surface area contributed by atoms with E-state index in [0.717, 1.165) is 71.3 Å². The summed E-state index contributed by atoms with van der Waals surface area (Å²) in [4.78, 5) is 14.0. The van der Waals surface area contributed by atoms with Crippen LogP contribution >= 0.6 is 0 Å². The minimum absolute atomic E-state index is 0.0468. The monoisotopic (exact) mass is 800 g/mol. The summed E-state index contributed by atoms with van der Waals surface area (Å²) in [6.07, 6.45) is 0. The maximum Gasteiger partial charge on any atom is 0.164 e. The van der Waals surface area contributed by atoms with Crippen LogP contribution in [0.1, 0.15) is 13.7 Å². The topological polar surface area (TPSA) is 56.7 Å². The molecule has 0 bridgehead atoms. The van der Waals surface area contributed by atoms with Crippen LogP contribution in [0, 0.1) is 0 Å². The lowest BCUT2D eigenvalue weighted by molar-refractivity contribution is 0.669. The van der Waals surface area contributed by atoms with E-state index in [2.05, 4.69) is 107 Å². The molecule has 0 fully saturated rings. The Morgan fingerprint density at radius 2 is 1.02 bits per heavy atom. The Morgan fingerprint density at radius 1 is 0.371 bits per heavy atom. The van der Waals surface area contributed by atoms with Gasteiger partial charge < -0.3 is 8.98 Å². The van der Waals surface area contributed by atoms with Gasteiger partial charge in [-0.15, -0.1) is 0 Å². The van der Waals surface area contributed by atoms with Gasteiger partial charge >= 0.3 is 0 Å². The molecule has 0 aliphatic rings. The summed E-state index contributed by atoms with van der Waals surface area (Å²) < 4.78 is 94.5. The van der Waals surface area contributed by atoms with Gasteiger partial charge in [0.1, 0.15) is 11.2 Å². The maximum absolute atomic E-state index is 8.84. The van der Waals surface area contributed by atoms with Crippen LogP contribution in [0.15, 0.2) is 210 Å². The molecule has 13 aromatic rings. The van der Waals surface area contributed by atoms with E-state index in [1.54, 1.807) is 12.1 Å².